The molecule has 0 saturated carbocycles. The number of nitrogens with zero attached hydrogens (tertiary/aromatic N) is 1. The SMILES string of the molecule is NC(=O)N[C@@H](Cc1ccccc1)C(=O)OCC(=O)N1CC(=O)Nc2ccccc21. The van der Waals surface area contributed by atoms with Crippen LogP contribution in [0.4, 0.5) is 16.2 Å². The number of para-hydroxylation sites is 2. The molecule has 1 heterocycles. The first-order valence-electron chi connectivity index (χ1n) is 8.90. The molecule has 9 nitrogen and oxygen atoms in total. The van der Waals surface area contributed by atoms with Crippen molar-refractivity contribution in [1.29, 1.82) is 0 Å². The molecule has 0 aliphatic carbocycles. The van der Waals surface area contributed by atoms with Gasteiger partial charge in [-0.2, -0.15) is 0 Å². The van der Waals surface area contributed by atoms with Gasteiger partial charge in [0.15, 0.2) is 6.61 Å². The Morgan fingerprint density at radius 2 is 1.79 bits per heavy atom. The van der Waals surface area contributed by atoms with E-state index in [9.17, 15) is 19.2 Å². The Morgan fingerprint density at radius 3 is 2.52 bits per heavy atom. The molecule has 0 unspecified atom stereocenters. The van der Waals surface area contributed by atoms with E-state index < -0.39 is 30.6 Å². The fourth-order valence-electron chi connectivity index (χ4n) is 2.98. The number of amides is 4. The molecule has 29 heavy (non-hydrogen) atoms. The highest BCUT2D eigenvalue weighted by molar-refractivity contribution is 6.10. The summed E-state index contributed by atoms with van der Waals surface area (Å²) in [5, 5.41) is 5.00. The van der Waals surface area contributed by atoms with Crippen molar-refractivity contribution < 1.29 is 23.9 Å². The number of carbonyl (C=O) groups excluding carboxylic acids is 4. The lowest BCUT2D eigenvalue weighted by molar-refractivity contribution is -0.149. The monoisotopic (exact) mass is 396 g/mol. The molecular weight excluding hydrogens is 376 g/mol. The number of nitrogens with two attached hydrogens (primary N) is 1. The predicted octanol–water partition coefficient (Wildman–Crippen LogP) is 0.794. The van der Waals surface area contributed by atoms with Gasteiger partial charge >= 0.3 is 12.0 Å². The number of hydrogen-bond acceptors (Lipinski definition) is 5. The highest BCUT2D eigenvalue weighted by atomic mass is 16.5. The second-order valence-corrected chi connectivity index (χ2v) is 6.40. The molecule has 0 radical (unpaired) electrons. The van der Waals surface area contributed by atoms with Gasteiger partial charge in [0.25, 0.3) is 5.91 Å². The largest absolute Gasteiger partial charge is 0.454 e. The highest BCUT2D eigenvalue weighted by Crippen LogP contribution is 2.28. The van der Waals surface area contributed by atoms with E-state index in [4.69, 9.17) is 10.5 Å². The van der Waals surface area contributed by atoms with Crippen LogP contribution in [0.5, 0.6) is 0 Å². The zero-order valence-electron chi connectivity index (χ0n) is 15.5. The Bertz CT molecular complexity index is 931. The minimum absolute atomic E-state index is 0.158. The third kappa shape index (κ3) is 5.10. The van der Waals surface area contributed by atoms with Crippen molar-refractivity contribution in [2.24, 2.45) is 5.73 Å². The van der Waals surface area contributed by atoms with Crippen molar-refractivity contribution in [2.45, 2.75) is 12.5 Å². The summed E-state index contributed by atoms with van der Waals surface area (Å²) in [4.78, 5) is 49.3. The lowest BCUT2D eigenvalue weighted by Gasteiger charge is -2.29. The molecule has 9 heteroatoms. The lowest BCUT2D eigenvalue weighted by Crippen LogP contribution is -2.47. The van der Waals surface area contributed by atoms with E-state index in [-0.39, 0.29) is 18.9 Å². The summed E-state index contributed by atoms with van der Waals surface area (Å²) >= 11 is 0. The van der Waals surface area contributed by atoms with Crippen LogP contribution in [0.1, 0.15) is 5.56 Å². The summed E-state index contributed by atoms with van der Waals surface area (Å²) in [6.07, 6.45) is 0.158. The average molecular weight is 396 g/mol. The number of primary amides is 1. The molecule has 1 atom stereocenters. The maximum atomic E-state index is 12.6. The van der Waals surface area contributed by atoms with E-state index >= 15 is 0 Å². The molecule has 2 aromatic rings. The van der Waals surface area contributed by atoms with Crippen molar-refractivity contribution in [3.8, 4) is 0 Å². The summed E-state index contributed by atoms with van der Waals surface area (Å²) in [6.45, 7) is -0.757. The third-order valence-corrected chi connectivity index (χ3v) is 4.29. The van der Waals surface area contributed by atoms with Crippen LogP contribution in [-0.4, -0.2) is 43.0 Å². The van der Waals surface area contributed by atoms with Crippen molar-refractivity contribution in [2.75, 3.05) is 23.4 Å². The third-order valence-electron chi connectivity index (χ3n) is 4.29. The summed E-state index contributed by atoms with van der Waals surface area (Å²) < 4.78 is 5.11. The van der Waals surface area contributed by atoms with Gasteiger partial charge in [-0.15, -0.1) is 0 Å². The van der Waals surface area contributed by atoms with Crippen LogP contribution in [0.25, 0.3) is 0 Å². The molecular formula is C20H20N4O5. The summed E-state index contributed by atoms with van der Waals surface area (Å²) in [5.74, 6) is -1.70. The van der Waals surface area contributed by atoms with Gasteiger partial charge in [0.1, 0.15) is 12.6 Å². The number of esters is 1. The van der Waals surface area contributed by atoms with Gasteiger partial charge in [0, 0.05) is 6.42 Å². The van der Waals surface area contributed by atoms with Gasteiger partial charge in [-0.1, -0.05) is 42.5 Å². The van der Waals surface area contributed by atoms with Gasteiger partial charge in [-0.05, 0) is 17.7 Å². The molecule has 3 rings (SSSR count). The summed E-state index contributed by atoms with van der Waals surface area (Å²) in [5.41, 5.74) is 6.96. The standard InChI is InChI=1S/C20H20N4O5/c21-20(28)23-15(10-13-6-2-1-3-7-13)19(27)29-12-18(26)24-11-17(25)22-14-8-4-5-9-16(14)24/h1-9,15H,10-12H2,(H,22,25)(H3,21,23,28)/t15-/m0/s1. The van der Waals surface area contributed by atoms with Gasteiger partial charge in [-0.25, -0.2) is 9.59 Å². The Kier molecular flexibility index (Phi) is 6.08. The first-order valence-corrected chi connectivity index (χ1v) is 8.90. The van der Waals surface area contributed by atoms with Crippen molar-refractivity contribution in [3.05, 3.63) is 60.2 Å². The number of fused-ring (bicyclic) bond motifs is 1. The molecule has 4 N–H and O–H groups in total. The minimum atomic E-state index is -1.04. The first-order chi connectivity index (χ1) is 13.9. The van der Waals surface area contributed by atoms with Crippen LogP contribution in [0.15, 0.2) is 54.6 Å². The zero-order valence-corrected chi connectivity index (χ0v) is 15.5. The molecule has 4 amide bonds. The smallest absolute Gasteiger partial charge is 0.329 e. The number of benzene rings is 2. The van der Waals surface area contributed by atoms with E-state index in [0.717, 1.165) is 5.56 Å². The number of hydrogen-bond donors (Lipinski definition) is 3. The number of nitrogens with one attached hydrogen (secondary N) is 2. The van der Waals surface area contributed by atoms with E-state index in [0.29, 0.717) is 11.4 Å². The molecule has 1 aliphatic heterocycles. The Balaban J connectivity index is 1.65. The zero-order chi connectivity index (χ0) is 20.8. The molecule has 0 saturated heterocycles. The minimum Gasteiger partial charge on any atom is -0.454 e. The number of ether oxygens (including phenoxy) is 1. The normalized spacial score (nSPS) is 13.7. The maximum absolute atomic E-state index is 12.6. The van der Waals surface area contributed by atoms with E-state index in [2.05, 4.69) is 10.6 Å². The number of urea groups is 1. The van der Waals surface area contributed by atoms with E-state index in [1.165, 1.54) is 4.90 Å². The second-order valence-electron chi connectivity index (χ2n) is 6.40. The van der Waals surface area contributed by atoms with Crippen LogP contribution in [0, 0.1) is 0 Å². The quantitative estimate of drug-likeness (QED) is 0.622. The van der Waals surface area contributed by atoms with Crippen LogP contribution < -0.4 is 21.3 Å². The molecule has 0 spiro atoms. The fraction of sp³-hybridized carbons (Fsp3) is 0.200. The Hall–Kier alpha value is -3.88. The second kappa shape index (κ2) is 8.87. The molecule has 0 bridgehead atoms. The van der Waals surface area contributed by atoms with Gasteiger partial charge in [-0.3, -0.25) is 14.5 Å². The molecule has 1 aliphatic rings. The average Bonchev–Trinajstić information content (AvgIpc) is 2.71. The number of anilines is 2. The molecule has 0 fully saturated rings. The Morgan fingerprint density at radius 1 is 1.10 bits per heavy atom. The fourth-order valence-corrected chi connectivity index (χ4v) is 2.98. The topological polar surface area (TPSA) is 131 Å². The maximum Gasteiger partial charge on any atom is 0.329 e. The Labute approximate surface area is 166 Å². The van der Waals surface area contributed by atoms with Crippen molar-refractivity contribution >= 4 is 35.2 Å². The van der Waals surface area contributed by atoms with Crippen molar-refractivity contribution in [1.82, 2.24) is 5.32 Å². The van der Waals surface area contributed by atoms with Gasteiger partial charge in [0.2, 0.25) is 5.91 Å². The summed E-state index contributed by atoms with van der Waals surface area (Å²) in [7, 11) is 0. The molecule has 150 valence electrons. The van der Waals surface area contributed by atoms with Gasteiger partial charge < -0.3 is 21.1 Å². The van der Waals surface area contributed by atoms with Crippen LogP contribution >= 0.6 is 0 Å². The van der Waals surface area contributed by atoms with Crippen LogP contribution in [0.2, 0.25) is 0 Å². The van der Waals surface area contributed by atoms with Crippen LogP contribution in [-0.2, 0) is 25.5 Å². The summed E-state index contributed by atoms with van der Waals surface area (Å²) in [6, 6.07) is 13.9. The predicted molar refractivity (Wildman–Crippen MR) is 105 cm³/mol. The molecule has 2 aromatic carbocycles. The van der Waals surface area contributed by atoms with E-state index in [1.807, 2.05) is 6.07 Å². The van der Waals surface area contributed by atoms with Crippen LogP contribution in [0.3, 0.4) is 0 Å². The number of carbonyl (C=O) groups is 4. The van der Waals surface area contributed by atoms with Crippen molar-refractivity contribution in [3.63, 3.8) is 0 Å². The lowest BCUT2D eigenvalue weighted by atomic mass is 10.1. The van der Waals surface area contributed by atoms with E-state index in [1.54, 1.807) is 48.5 Å². The van der Waals surface area contributed by atoms with Gasteiger partial charge in [0.05, 0.1) is 11.4 Å². The first kappa shape index (κ1) is 19.9. The number of rotatable bonds is 6. The highest BCUT2D eigenvalue weighted by Gasteiger charge is 2.28. The molecule has 0 aromatic heterocycles.